The van der Waals surface area contributed by atoms with Gasteiger partial charge in [-0.1, -0.05) is 6.07 Å². The molecule has 1 N–H and O–H groups in total. The van der Waals surface area contributed by atoms with Gasteiger partial charge in [-0.3, -0.25) is 0 Å². The number of hydrogen-bond acceptors (Lipinski definition) is 5. The van der Waals surface area contributed by atoms with Gasteiger partial charge in [-0.15, -0.1) is 11.3 Å². The van der Waals surface area contributed by atoms with E-state index in [9.17, 15) is 16.8 Å². The molecule has 1 aromatic rings. The van der Waals surface area contributed by atoms with Crippen LogP contribution >= 0.6 is 11.3 Å². The molecule has 0 amide bonds. The summed E-state index contributed by atoms with van der Waals surface area (Å²) in [5.41, 5.74) is 0. The van der Waals surface area contributed by atoms with E-state index in [1.165, 1.54) is 10.4 Å². The van der Waals surface area contributed by atoms with Crippen LogP contribution in [0.15, 0.2) is 21.7 Å². The molecule has 1 atom stereocenters. The number of sulfonamides is 2. The quantitative estimate of drug-likeness (QED) is 0.852. The van der Waals surface area contributed by atoms with Crippen LogP contribution in [0.2, 0.25) is 0 Å². The summed E-state index contributed by atoms with van der Waals surface area (Å²) in [7, 11) is -6.80. The molecule has 9 heteroatoms. The Bertz CT molecular complexity index is 622. The van der Waals surface area contributed by atoms with Crippen LogP contribution in [-0.4, -0.2) is 46.5 Å². The molecule has 0 aliphatic carbocycles. The van der Waals surface area contributed by atoms with E-state index >= 15 is 0 Å². The van der Waals surface area contributed by atoms with E-state index in [4.69, 9.17) is 0 Å². The predicted octanol–water partition coefficient (Wildman–Crippen LogP) is 0.450. The maximum absolute atomic E-state index is 11.9. The summed E-state index contributed by atoms with van der Waals surface area (Å²) in [6.45, 7) is 0.581. The molecule has 19 heavy (non-hydrogen) atoms. The van der Waals surface area contributed by atoms with Crippen molar-refractivity contribution in [3.63, 3.8) is 0 Å². The van der Waals surface area contributed by atoms with Gasteiger partial charge in [0.1, 0.15) is 4.21 Å². The first-order valence-corrected chi connectivity index (χ1v) is 10.0. The first-order valence-electron chi connectivity index (χ1n) is 5.81. The topological polar surface area (TPSA) is 83.6 Å². The molecule has 1 saturated heterocycles. The maximum atomic E-state index is 11.9. The third kappa shape index (κ3) is 3.54. The Morgan fingerprint density at radius 1 is 1.42 bits per heavy atom. The van der Waals surface area contributed by atoms with Crippen molar-refractivity contribution in [2.45, 2.75) is 23.1 Å². The summed E-state index contributed by atoms with van der Waals surface area (Å²) in [5.74, 6) is 0. The minimum absolute atomic E-state index is 0.118. The fourth-order valence-electron chi connectivity index (χ4n) is 2.14. The first kappa shape index (κ1) is 14.9. The monoisotopic (exact) mass is 324 g/mol. The standard InChI is InChI=1S/C10H16N2O4S3/c1-18(13,14)12-6-2-4-9(12)8-11-19(15,16)10-5-3-7-17-10/h3,5,7,9,11H,2,4,6,8H2,1H3. The summed E-state index contributed by atoms with van der Waals surface area (Å²) in [6, 6.07) is 2.90. The van der Waals surface area contributed by atoms with Gasteiger partial charge in [0.2, 0.25) is 20.0 Å². The van der Waals surface area contributed by atoms with Crippen LogP contribution in [-0.2, 0) is 20.0 Å². The molecule has 1 fully saturated rings. The molecule has 0 radical (unpaired) electrons. The van der Waals surface area contributed by atoms with E-state index in [0.717, 1.165) is 24.0 Å². The van der Waals surface area contributed by atoms with E-state index in [-0.39, 0.29) is 16.8 Å². The van der Waals surface area contributed by atoms with E-state index in [1.807, 2.05) is 0 Å². The zero-order valence-electron chi connectivity index (χ0n) is 10.4. The summed E-state index contributed by atoms with van der Waals surface area (Å²) >= 11 is 1.14. The van der Waals surface area contributed by atoms with Crippen molar-refractivity contribution >= 4 is 31.4 Å². The van der Waals surface area contributed by atoms with Crippen LogP contribution in [0.25, 0.3) is 0 Å². The summed E-state index contributed by atoms with van der Waals surface area (Å²) < 4.78 is 51.1. The van der Waals surface area contributed by atoms with Gasteiger partial charge in [-0.2, -0.15) is 4.31 Å². The van der Waals surface area contributed by atoms with Crippen molar-refractivity contribution in [1.29, 1.82) is 0 Å². The van der Waals surface area contributed by atoms with Gasteiger partial charge in [-0.05, 0) is 24.3 Å². The number of hydrogen-bond donors (Lipinski definition) is 1. The Morgan fingerprint density at radius 3 is 2.74 bits per heavy atom. The van der Waals surface area contributed by atoms with Crippen molar-refractivity contribution in [3.05, 3.63) is 17.5 Å². The molecule has 2 rings (SSSR count). The highest BCUT2D eigenvalue weighted by atomic mass is 32.2. The average Bonchev–Trinajstić information content (AvgIpc) is 2.97. The minimum Gasteiger partial charge on any atom is -0.212 e. The second kappa shape index (κ2) is 5.49. The van der Waals surface area contributed by atoms with Gasteiger partial charge >= 0.3 is 0 Å². The van der Waals surface area contributed by atoms with Gasteiger partial charge in [0.05, 0.1) is 6.26 Å². The number of nitrogens with one attached hydrogen (secondary N) is 1. The van der Waals surface area contributed by atoms with Crippen LogP contribution in [0.5, 0.6) is 0 Å². The molecule has 0 spiro atoms. The Morgan fingerprint density at radius 2 is 2.16 bits per heavy atom. The van der Waals surface area contributed by atoms with Crippen molar-refractivity contribution < 1.29 is 16.8 Å². The Kier molecular flexibility index (Phi) is 4.31. The number of nitrogens with zero attached hydrogens (tertiary/aromatic N) is 1. The zero-order valence-corrected chi connectivity index (χ0v) is 12.9. The predicted molar refractivity (Wildman–Crippen MR) is 74.1 cm³/mol. The lowest BCUT2D eigenvalue weighted by molar-refractivity contribution is 0.388. The van der Waals surface area contributed by atoms with E-state index in [1.54, 1.807) is 11.4 Å². The van der Waals surface area contributed by atoms with Gasteiger partial charge < -0.3 is 0 Å². The second-order valence-electron chi connectivity index (χ2n) is 4.45. The third-order valence-corrected chi connectivity index (χ3v) is 7.17. The number of rotatable bonds is 5. The molecule has 1 aromatic heterocycles. The molecule has 0 aromatic carbocycles. The Balaban J connectivity index is 2.03. The molecule has 0 bridgehead atoms. The molecule has 1 unspecified atom stereocenters. The maximum Gasteiger partial charge on any atom is 0.250 e. The lowest BCUT2D eigenvalue weighted by atomic mass is 10.2. The highest BCUT2D eigenvalue weighted by Gasteiger charge is 2.32. The van der Waals surface area contributed by atoms with Crippen LogP contribution < -0.4 is 4.72 Å². The van der Waals surface area contributed by atoms with Crippen molar-refractivity contribution in [1.82, 2.24) is 9.03 Å². The van der Waals surface area contributed by atoms with Crippen LogP contribution in [0.4, 0.5) is 0 Å². The summed E-state index contributed by atoms with van der Waals surface area (Å²) in [6.07, 6.45) is 2.59. The Labute approximate surface area is 117 Å². The molecular weight excluding hydrogens is 308 g/mol. The van der Waals surface area contributed by atoms with E-state index in [2.05, 4.69) is 4.72 Å². The van der Waals surface area contributed by atoms with Crippen molar-refractivity contribution in [2.75, 3.05) is 19.3 Å². The summed E-state index contributed by atoms with van der Waals surface area (Å²) in [4.78, 5) is 0. The second-order valence-corrected chi connectivity index (χ2v) is 9.33. The molecular formula is C10H16N2O4S3. The first-order chi connectivity index (χ1) is 8.81. The third-order valence-electron chi connectivity index (χ3n) is 3.02. The lowest BCUT2D eigenvalue weighted by Crippen LogP contribution is -2.42. The molecule has 108 valence electrons. The highest BCUT2D eigenvalue weighted by Crippen LogP contribution is 2.21. The minimum atomic E-state index is -3.53. The average molecular weight is 324 g/mol. The van der Waals surface area contributed by atoms with E-state index < -0.39 is 20.0 Å². The number of thiophene rings is 1. The molecule has 0 saturated carbocycles. The van der Waals surface area contributed by atoms with Crippen LogP contribution in [0, 0.1) is 0 Å². The van der Waals surface area contributed by atoms with Crippen molar-refractivity contribution in [3.8, 4) is 0 Å². The zero-order chi connectivity index (χ0) is 14.1. The Hall–Kier alpha value is -0.480. The van der Waals surface area contributed by atoms with Crippen LogP contribution in [0.1, 0.15) is 12.8 Å². The molecule has 1 aliphatic rings. The fraction of sp³-hybridized carbons (Fsp3) is 0.600. The lowest BCUT2D eigenvalue weighted by Gasteiger charge is -2.22. The normalized spacial score (nSPS) is 21.8. The van der Waals surface area contributed by atoms with Gasteiger partial charge in [0.15, 0.2) is 0 Å². The fourth-order valence-corrected chi connectivity index (χ4v) is 5.44. The molecule has 2 heterocycles. The molecule has 1 aliphatic heterocycles. The summed E-state index contributed by atoms with van der Waals surface area (Å²) in [5, 5.41) is 1.69. The smallest absolute Gasteiger partial charge is 0.212 e. The highest BCUT2D eigenvalue weighted by molar-refractivity contribution is 7.91. The van der Waals surface area contributed by atoms with Gasteiger partial charge in [-0.25, -0.2) is 21.6 Å². The van der Waals surface area contributed by atoms with Crippen molar-refractivity contribution in [2.24, 2.45) is 0 Å². The SMILES string of the molecule is CS(=O)(=O)N1CCCC1CNS(=O)(=O)c1cccs1. The van der Waals surface area contributed by atoms with E-state index in [0.29, 0.717) is 13.0 Å². The van der Waals surface area contributed by atoms with Gasteiger partial charge in [0.25, 0.3) is 0 Å². The van der Waals surface area contributed by atoms with Crippen LogP contribution in [0.3, 0.4) is 0 Å². The molecule has 6 nitrogen and oxygen atoms in total. The van der Waals surface area contributed by atoms with Gasteiger partial charge in [0, 0.05) is 19.1 Å². The largest absolute Gasteiger partial charge is 0.250 e.